The van der Waals surface area contributed by atoms with Gasteiger partial charge in [-0.2, -0.15) is 0 Å². The Labute approximate surface area is 145 Å². The highest BCUT2D eigenvalue weighted by molar-refractivity contribution is 5.71. The van der Waals surface area contributed by atoms with Crippen molar-refractivity contribution in [1.82, 2.24) is 4.90 Å². The Morgan fingerprint density at radius 1 is 1.08 bits per heavy atom. The van der Waals surface area contributed by atoms with E-state index in [2.05, 4.69) is 49.1 Å². The van der Waals surface area contributed by atoms with Gasteiger partial charge in [0.2, 0.25) is 0 Å². The molecule has 3 nitrogen and oxygen atoms in total. The molecule has 0 radical (unpaired) electrons. The van der Waals surface area contributed by atoms with Crippen LogP contribution in [0, 0.1) is 13.8 Å². The lowest BCUT2D eigenvalue weighted by Gasteiger charge is -2.36. The Kier molecular flexibility index (Phi) is 5.10. The third kappa shape index (κ3) is 3.57. The van der Waals surface area contributed by atoms with E-state index in [-0.39, 0.29) is 0 Å². The van der Waals surface area contributed by atoms with Crippen molar-refractivity contribution in [2.24, 2.45) is 0 Å². The van der Waals surface area contributed by atoms with Crippen LogP contribution in [-0.2, 0) is 13.0 Å². The second-order valence-electron chi connectivity index (χ2n) is 7.11. The number of nitrogen functional groups attached to an aromatic ring is 2. The minimum Gasteiger partial charge on any atom is -0.397 e. The number of hydrogen-bond donors (Lipinski definition) is 2. The number of benzene rings is 2. The fraction of sp³-hybridized carbons (Fsp3) is 0.429. The topological polar surface area (TPSA) is 55.3 Å². The monoisotopic (exact) mass is 323 g/mol. The quantitative estimate of drug-likeness (QED) is 0.834. The molecular formula is C21H29N3. The molecular weight excluding hydrogens is 294 g/mol. The summed E-state index contributed by atoms with van der Waals surface area (Å²) in [5.74, 6) is 0. The second-order valence-corrected chi connectivity index (χ2v) is 7.11. The van der Waals surface area contributed by atoms with Crippen molar-refractivity contribution in [1.29, 1.82) is 0 Å². The van der Waals surface area contributed by atoms with E-state index in [9.17, 15) is 0 Å². The van der Waals surface area contributed by atoms with E-state index < -0.39 is 0 Å². The van der Waals surface area contributed by atoms with Gasteiger partial charge in [-0.05, 0) is 68.0 Å². The van der Waals surface area contributed by atoms with Crippen LogP contribution in [0.3, 0.4) is 0 Å². The second kappa shape index (κ2) is 7.27. The summed E-state index contributed by atoms with van der Waals surface area (Å²) in [5.41, 5.74) is 19.1. The van der Waals surface area contributed by atoms with Crippen LogP contribution in [0.2, 0.25) is 0 Å². The maximum absolute atomic E-state index is 6.32. The highest BCUT2D eigenvalue weighted by Crippen LogP contribution is 2.31. The first-order valence-corrected chi connectivity index (χ1v) is 8.98. The van der Waals surface area contributed by atoms with E-state index >= 15 is 0 Å². The SMILES string of the molecule is Cc1cc(N)c(N)c(CC2CCCCN2Cc2ccccc2)c1C. The maximum Gasteiger partial charge on any atom is 0.0583 e. The van der Waals surface area contributed by atoms with E-state index in [1.165, 1.54) is 48.1 Å². The van der Waals surface area contributed by atoms with Gasteiger partial charge in [-0.3, -0.25) is 4.90 Å². The molecule has 1 unspecified atom stereocenters. The highest BCUT2D eigenvalue weighted by Gasteiger charge is 2.24. The van der Waals surface area contributed by atoms with Crippen molar-refractivity contribution in [3.63, 3.8) is 0 Å². The van der Waals surface area contributed by atoms with Crippen molar-refractivity contribution in [2.75, 3.05) is 18.0 Å². The zero-order valence-electron chi connectivity index (χ0n) is 14.9. The number of nitrogens with two attached hydrogens (primary N) is 2. The Morgan fingerprint density at radius 2 is 1.83 bits per heavy atom. The van der Waals surface area contributed by atoms with E-state index in [0.717, 1.165) is 24.3 Å². The summed E-state index contributed by atoms with van der Waals surface area (Å²) in [6.07, 6.45) is 4.82. The Balaban J connectivity index is 1.82. The minimum atomic E-state index is 0.543. The zero-order chi connectivity index (χ0) is 17.1. The van der Waals surface area contributed by atoms with Gasteiger partial charge in [-0.25, -0.2) is 0 Å². The van der Waals surface area contributed by atoms with Crippen LogP contribution in [0.1, 0.15) is 41.5 Å². The van der Waals surface area contributed by atoms with Crippen molar-refractivity contribution >= 4 is 11.4 Å². The number of piperidine rings is 1. The molecule has 1 saturated heterocycles. The lowest BCUT2D eigenvalue weighted by molar-refractivity contribution is 0.139. The van der Waals surface area contributed by atoms with Gasteiger partial charge in [0, 0.05) is 12.6 Å². The lowest BCUT2D eigenvalue weighted by Crippen LogP contribution is -2.40. The molecule has 0 amide bonds. The largest absolute Gasteiger partial charge is 0.397 e. The smallest absolute Gasteiger partial charge is 0.0583 e. The number of hydrogen-bond acceptors (Lipinski definition) is 3. The zero-order valence-corrected chi connectivity index (χ0v) is 14.9. The van der Waals surface area contributed by atoms with Gasteiger partial charge in [-0.1, -0.05) is 36.8 Å². The summed E-state index contributed by atoms with van der Waals surface area (Å²) < 4.78 is 0. The third-order valence-corrected chi connectivity index (χ3v) is 5.47. The summed E-state index contributed by atoms with van der Waals surface area (Å²) in [6.45, 7) is 6.48. The van der Waals surface area contributed by atoms with Crippen LogP contribution in [0.4, 0.5) is 11.4 Å². The molecule has 0 bridgehead atoms. The van der Waals surface area contributed by atoms with Crippen LogP contribution < -0.4 is 11.5 Å². The number of aryl methyl sites for hydroxylation is 1. The lowest BCUT2D eigenvalue weighted by atomic mass is 9.90. The van der Waals surface area contributed by atoms with E-state index in [1.54, 1.807) is 0 Å². The van der Waals surface area contributed by atoms with E-state index in [1.807, 2.05) is 6.07 Å². The summed E-state index contributed by atoms with van der Waals surface area (Å²) in [6, 6.07) is 13.3. The van der Waals surface area contributed by atoms with E-state index in [0.29, 0.717) is 6.04 Å². The molecule has 1 heterocycles. The molecule has 1 fully saturated rings. The maximum atomic E-state index is 6.32. The average Bonchev–Trinajstić information content (AvgIpc) is 2.59. The Hall–Kier alpha value is -2.00. The normalized spacial score (nSPS) is 18.7. The fourth-order valence-corrected chi connectivity index (χ4v) is 3.85. The molecule has 1 aliphatic heterocycles. The first-order valence-electron chi connectivity index (χ1n) is 8.98. The van der Waals surface area contributed by atoms with Crippen LogP contribution >= 0.6 is 0 Å². The molecule has 2 aromatic carbocycles. The molecule has 0 spiro atoms. The van der Waals surface area contributed by atoms with Gasteiger partial charge in [0.25, 0.3) is 0 Å². The first-order chi connectivity index (χ1) is 11.6. The van der Waals surface area contributed by atoms with Gasteiger partial charge in [0.1, 0.15) is 0 Å². The highest BCUT2D eigenvalue weighted by atomic mass is 15.2. The number of likely N-dealkylation sites (tertiary alicyclic amines) is 1. The molecule has 1 atom stereocenters. The minimum absolute atomic E-state index is 0.543. The van der Waals surface area contributed by atoms with Crippen LogP contribution in [0.25, 0.3) is 0 Å². The van der Waals surface area contributed by atoms with Gasteiger partial charge in [0.15, 0.2) is 0 Å². The number of rotatable bonds is 4. The molecule has 4 N–H and O–H groups in total. The van der Waals surface area contributed by atoms with Crippen LogP contribution in [0.5, 0.6) is 0 Å². The Bertz CT molecular complexity index is 668. The molecule has 1 aliphatic rings. The van der Waals surface area contributed by atoms with Crippen molar-refractivity contribution in [2.45, 2.75) is 52.1 Å². The first kappa shape index (κ1) is 16.8. The summed E-state index contributed by atoms with van der Waals surface area (Å²) in [5, 5.41) is 0. The molecule has 24 heavy (non-hydrogen) atoms. The van der Waals surface area contributed by atoms with E-state index in [4.69, 9.17) is 11.5 Å². The van der Waals surface area contributed by atoms with Crippen LogP contribution in [0.15, 0.2) is 36.4 Å². The number of anilines is 2. The van der Waals surface area contributed by atoms with Crippen molar-refractivity contribution in [3.05, 3.63) is 58.7 Å². The van der Waals surface area contributed by atoms with Crippen LogP contribution in [-0.4, -0.2) is 17.5 Å². The molecule has 2 aromatic rings. The van der Waals surface area contributed by atoms with Gasteiger partial charge in [0.05, 0.1) is 11.4 Å². The van der Waals surface area contributed by atoms with Gasteiger partial charge >= 0.3 is 0 Å². The van der Waals surface area contributed by atoms with Gasteiger partial charge in [-0.15, -0.1) is 0 Å². The van der Waals surface area contributed by atoms with Gasteiger partial charge < -0.3 is 11.5 Å². The molecule has 128 valence electrons. The van der Waals surface area contributed by atoms with Crippen molar-refractivity contribution in [3.8, 4) is 0 Å². The predicted octanol–water partition coefficient (Wildman–Crippen LogP) is 4.07. The predicted molar refractivity (Wildman–Crippen MR) is 103 cm³/mol. The summed E-state index contributed by atoms with van der Waals surface area (Å²) >= 11 is 0. The third-order valence-electron chi connectivity index (χ3n) is 5.47. The molecule has 3 rings (SSSR count). The summed E-state index contributed by atoms with van der Waals surface area (Å²) in [4.78, 5) is 2.62. The fourth-order valence-electron chi connectivity index (χ4n) is 3.85. The standard InChI is InChI=1S/C21H29N3/c1-15-12-20(22)21(23)19(16(15)2)13-18-10-6-7-11-24(18)14-17-8-4-3-5-9-17/h3-5,8-9,12,18H,6-7,10-11,13-14,22-23H2,1-2H3. The molecule has 0 aromatic heterocycles. The summed E-state index contributed by atoms with van der Waals surface area (Å²) in [7, 11) is 0. The molecule has 0 saturated carbocycles. The number of nitrogens with zero attached hydrogens (tertiary/aromatic N) is 1. The average molecular weight is 323 g/mol. The Morgan fingerprint density at radius 3 is 2.58 bits per heavy atom. The molecule has 3 heteroatoms. The van der Waals surface area contributed by atoms with Crippen molar-refractivity contribution < 1.29 is 0 Å². The molecule has 0 aliphatic carbocycles.